The van der Waals surface area contributed by atoms with Gasteiger partial charge in [-0.05, 0) is 31.5 Å². The number of amides is 1. The van der Waals surface area contributed by atoms with Crippen molar-refractivity contribution in [1.29, 1.82) is 0 Å². The van der Waals surface area contributed by atoms with Crippen LogP contribution in [0.2, 0.25) is 0 Å². The number of nitrogens with zero attached hydrogens (tertiary/aromatic N) is 3. The molecule has 0 unspecified atom stereocenters. The largest absolute Gasteiger partial charge is 0.291 e. The summed E-state index contributed by atoms with van der Waals surface area (Å²) in [6.45, 7) is 4.68. The lowest BCUT2D eigenvalue weighted by atomic mass is 10.1. The summed E-state index contributed by atoms with van der Waals surface area (Å²) in [4.78, 5) is 15.9. The molecule has 7 heteroatoms. The van der Waals surface area contributed by atoms with E-state index in [0.717, 1.165) is 36.7 Å². The zero-order chi connectivity index (χ0) is 16.0. The number of aromatic nitrogens is 2. The third-order valence-corrected chi connectivity index (χ3v) is 6.53. The molecule has 0 fully saturated rings. The van der Waals surface area contributed by atoms with Gasteiger partial charge in [-0.3, -0.25) is 14.4 Å². The molecule has 1 amide bonds. The second-order valence-corrected chi connectivity index (χ2v) is 8.05. The van der Waals surface area contributed by atoms with Gasteiger partial charge in [0, 0.05) is 33.9 Å². The smallest absolute Gasteiger partial charge is 0.259 e. The molecule has 116 valence electrons. The van der Waals surface area contributed by atoms with E-state index in [2.05, 4.69) is 37.0 Å². The van der Waals surface area contributed by atoms with Crippen molar-refractivity contribution in [2.75, 3.05) is 17.2 Å². The van der Waals surface area contributed by atoms with Crippen LogP contribution in [0.25, 0.3) is 0 Å². The molecule has 3 rings (SSSR count). The van der Waals surface area contributed by atoms with Crippen molar-refractivity contribution in [3.8, 4) is 0 Å². The molecule has 0 saturated carbocycles. The summed E-state index contributed by atoms with van der Waals surface area (Å²) in [5.74, 6) is 1.79. The van der Waals surface area contributed by atoms with Crippen molar-refractivity contribution < 1.29 is 4.79 Å². The summed E-state index contributed by atoms with van der Waals surface area (Å²) in [7, 11) is 1.89. The number of carbonyl (C=O) groups is 1. The van der Waals surface area contributed by atoms with Crippen molar-refractivity contribution in [1.82, 2.24) is 9.78 Å². The zero-order valence-electron chi connectivity index (χ0n) is 12.5. The van der Waals surface area contributed by atoms with Crippen LogP contribution in [0.4, 0.5) is 5.82 Å². The highest BCUT2D eigenvalue weighted by molar-refractivity contribution is 9.11. The molecule has 2 heterocycles. The van der Waals surface area contributed by atoms with Gasteiger partial charge >= 0.3 is 0 Å². The van der Waals surface area contributed by atoms with Crippen LogP contribution in [0, 0.1) is 13.8 Å². The van der Waals surface area contributed by atoms with Gasteiger partial charge in [0.1, 0.15) is 5.82 Å². The maximum Gasteiger partial charge on any atom is 0.259 e. The van der Waals surface area contributed by atoms with Crippen molar-refractivity contribution in [2.45, 2.75) is 18.7 Å². The van der Waals surface area contributed by atoms with Gasteiger partial charge in [0.25, 0.3) is 5.91 Å². The minimum Gasteiger partial charge on any atom is -0.291 e. The summed E-state index contributed by atoms with van der Waals surface area (Å²) in [6, 6.07) is 3.76. The Kier molecular flexibility index (Phi) is 4.40. The van der Waals surface area contributed by atoms with E-state index >= 15 is 0 Å². The van der Waals surface area contributed by atoms with E-state index in [4.69, 9.17) is 0 Å². The Labute approximate surface area is 150 Å². The number of rotatable bonds is 1. The predicted molar refractivity (Wildman–Crippen MR) is 96.9 cm³/mol. The second kappa shape index (κ2) is 6.02. The molecule has 0 spiro atoms. The Hall–Kier alpha value is -0.790. The molecular formula is C15H15Br2N3OS. The van der Waals surface area contributed by atoms with Crippen LogP contribution in [0.3, 0.4) is 0 Å². The monoisotopic (exact) mass is 443 g/mol. The molecule has 0 bridgehead atoms. The average molecular weight is 445 g/mol. The first-order valence-corrected chi connectivity index (χ1v) is 9.41. The van der Waals surface area contributed by atoms with Crippen LogP contribution >= 0.6 is 43.6 Å². The molecule has 0 aliphatic carbocycles. The van der Waals surface area contributed by atoms with E-state index in [1.807, 2.05) is 37.9 Å². The normalized spacial score (nSPS) is 14.1. The number of fused-ring (bicyclic) bond motifs is 1. The topological polar surface area (TPSA) is 38.1 Å². The number of carbonyl (C=O) groups excluding carboxylic acids is 1. The van der Waals surface area contributed by atoms with Crippen molar-refractivity contribution >= 4 is 55.3 Å². The number of hydrogen-bond acceptors (Lipinski definition) is 3. The summed E-state index contributed by atoms with van der Waals surface area (Å²) >= 11 is 8.80. The lowest BCUT2D eigenvalue weighted by Gasteiger charge is -2.27. The fourth-order valence-corrected chi connectivity index (χ4v) is 4.85. The lowest BCUT2D eigenvalue weighted by Crippen LogP contribution is -2.36. The van der Waals surface area contributed by atoms with Crippen molar-refractivity contribution in [3.05, 3.63) is 37.9 Å². The Morgan fingerprint density at radius 3 is 2.55 bits per heavy atom. The first kappa shape index (κ1) is 16.1. The summed E-state index contributed by atoms with van der Waals surface area (Å²) in [5.41, 5.74) is 2.73. The van der Waals surface area contributed by atoms with Gasteiger partial charge in [-0.1, -0.05) is 31.9 Å². The van der Waals surface area contributed by atoms with Crippen LogP contribution in [-0.2, 0) is 7.05 Å². The molecule has 1 aliphatic heterocycles. The predicted octanol–water partition coefficient (Wildman–Crippen LogP) is 4.31. The van der Waals surface area contributed by atoms with Gasteiger partial charge < -0.3 is 0 Å². The van der Waals surface area contributed by atoms with Crippen LogP contribution in [0.15, 0.2) is 26.0 Å². The molecule has 1 aromatic carbocycles. The molecule has 0 radical (unpaired) electrons. The quantitative estimate of drug-likeness (QED) is 0.657. The van der Waals surface area contributed by atoms with Gasteiger partial charge in [-0.25, -0.2) is 0 Å². The molecule has 22 heavy (non-hydrogen) atoms. The van der Waals surface area contributed by atoms with Crippen molar-refractivity contribution in [3.63, 3.8) is 0 Å². The molecule has 4 nitrogen and oxygen atoms in total. The van der Waals surface area contributed by atoms with Gasteiger partial charge in [0.05, 0.1) is 10.6 Å². The second-order valence-electron chi connectivity index (χ2n) is 5.23. The van der Waals surface area contributed by atoms with Crippen LogP contribution in [-0.4, -0.2) is 28.0 Å². The maximum absolute atomic E-state index is 13.0. The van der Waals surface area contributed by atoms with Crippen LogP contribution in [0.5, 0.6) is 0 Å². The molecule has 0 N–H and O–H groups in total. The van der Waals surface area contributed by atoms with E-state index in [1.165, 1.54) is 0 Å². The Balaban J connectivity index is 2.05. The fourth-order valence-electron chi connectivity index (χ4n) is 2.56. The molecule has 0 saturated heterocycles. The Bertz CT molecular complexity index is 749. The molecule has 1 aliphatic rings. The average Bonchev–Trinajstić information content (AvgIpc) is 2.78. The standard InChI is InChI=1S/C15H15Br2N3OS/c1-8-11(16)6-10(7-12(8)17)15(21)20-4-5-22-13-9(2)18-19(3)14(13)20/h6-7H,4-5H2,1-3H3. The van der Waals surface area contributed by atoms with Crippen LogP contribution in [0.1, 0.15) is 21.6 Å². The van der Waals surface area contributed by atoms with Crippen LogP contribution < -0.4 is 4.90 Å². The highest BCUT2D eigenvalue weighted by Gasteiger charge is 2.29. The van der Waals surface area contributed by atoms with Gasteiger partial charge in [-0.15, -0.1) is 11.8 Å². The SMILES string of the molecule is Cc1nn(C)c2c1SCCN2C(=O)c1cc(Br)c(C)c(Br)c1. The first-order valence-electron chi connectivity index (χ1n) is 6.84. The number of thioether (sulfide) groups is 1. The Morgan fingerprint density at radius 2 is 1.91 bits per heavy atom. The summed E-state index contributed by atoms with van der Waals surface area (Å²) in [6.07, 6.45) is 0. The van der Waals surface area contributed by atoms with E-state index in [0.29, 0.717) is 12.1 Å². The van der Waals surface area contributed by atoms with Crippen molar-refractivity contribution in [2.24, 2.45) is 7.05 Å². The number of halogens is 2. The lowest BCUT2D eigenvalue weighted by molar-refractivity contribution is 0.0986. The minimum atomic E-state index is 0.00551. The number of benzene rings is 1. The number of aryl methyl sites for hydroxylation is 2. The molecular weight excluding hydrogens is 430 g/mol. The highest BCUT2D eigenvalue weighted by Crippen LogP contribution is 2.38. The van der Waals surface area contributed by atoms with Gasteiger partial charge in [0.15, 0.2) is 0 Å². The van der Waals surface area contributed by atoms with Gasteiger partial charge in [0.2, 0.25) is 0 Å². The van der Waals surface area contributed by atoms with E-state index < -0.39 is 0 Å². The number of hydrogen-bond donors (Lipinski definition) is 0. The summed E-state index contributed by atoms with van der Waals surface area (Å²) in [5, 5.41) is 4.45. The zero-order valence-corrected chi connectivity index (χ0v) is 16.5. The third-order valence-electron chi connectivity index (χ3n) is 3.73. The van der Waals surface area contributed by atoms with E-state index in [9.17, 15) is 4.79 Å². The van der Waals surface area contributed by atoms with Gasteiger partial charge in [-0.2, -0.15) is 5.10 Å². The number of anilines is 1. The maximum atomic E-state index is 13.0. The first-order chi connectivity index (χ1) is 10.4. The molecule has 1 aromatic heterocycles. The fraction of sp³-hybridized carbons (Fsp3) is 0.333. The van der Waals surface area contributed by atoms with E-state index in [1.54, 1.807) is 16.4 Å². The molecule has 2 aromatic rings. The molecule has 0 atom stereocenters. The van der Waals surface area contributed by atoms with E-state index in [-0.39, 0.29) is 5.91 Å². The Morgan fingerprint density at radius 1 is 1.27 bits per heavy atom. The third kappa shape index (κ3) is 2.63. The minimum absolute atomic E-state index is 0.00551. The highest BCUT2D eigenvalue weighted by atomic mass is 79.9. The summed E-state index contributed by atoms with van der Waals surface area (Å²) < 4.78 is 3.66.